The summed E-state index contributed by atoms with van der Waals surface area (Å²) in [5.41, 5.74) is 1.57. The number of hydrogen-bond acceptors (Lipinski definition) is 3. The van der Waals surface area contributed by atoms with Gasteiger partial charge in [0.15, 0.2) is 0 Å². The van der Waals surface area contributed by atoms with Gasteiger partial charge in [0.05, 0.1) is 0 Å². The first-order valence-corrected chi connectivity index (χ1v) is 6.77. The highest BCUT2D eigenvalue weighted by Gasteiger charge is 2.05. The van der Waals surface area contributed by atoms with Crippen LogP contribution in [0.5, 0.6) is 5.75 Å². The van der Waals surface area contributed by atoms with Gasteiger partial charge >= 0.3 is 0 Å². The van der Waals surface area contributed by atoms with Gasteiger partial charge in [-0.3, -0.25) is 0 Å². The van der Waals surface area contributed by atoms with E-state index in [-0.39, 0.29) is 5.82 Å². The summed E-state index contributed by atoms with van der Waals surface area (Å²) in [7, 11) is 0. The van der Waals surface area contributed by atoms with Crippen LogP contribution >= 0.6 is 0 Å². The Hall–Kier alpha value is -2.10. The number of halogens is 1. The quantitative estimate of drug-likeness (QED) is 0.866. The molecule has 1 N–H and O–H groups in total. The molecule has 0 fully saturated rings. The van der Waals surface area contributed by atoms with Gasteiger partial charge in [-0.15, -0.1) is 0 Å². The second kappa shape index (κ2) is 6.89. The summed E-state index contributed by atoms with van der Waals surface area (Å²) < 4.78 is 19.1. The summed E-state index contributed by atoms with van der Waals surface area (Å²) in [6.07, 6.45) is 2.77. The van der Waals surface area contributed by atoms with Crippen LogP contribution in [0.25, 0.3) is 0 Å². The second-order valence-corrected chi connectivity index (χ2v) is 4.64. The summed E-state index contributed by atoms with van der Waals surface area (Å²) in [6.45, 7) is 5.06. The predicted molar refractivity (Wildman–Crippen MR) is 78.5 cm³/mol. The molecule has 4 heteroatoms. The molecule has 1 aromatic carbocycles. The molecule has 0 spiro atoms. The van der Waals surface area contributed by atoms with Crippen molar-refractivity contribution in [1.29, 1.82) is 0 Å². The predicted octanol–water partition coefficient (Wildman–Crippen LogP) is 3.93. The lowest BCUT2D eigenvalue weighted by Crippen LogP contribution is -2.07. The van der Waals surface area contributed by atoms with Gasteiger partial charge in [0.25, 0.3) is 0 Å². The first-order valence-electron chi connectivity index (χ1n) is 6.77. The average Bonchev–Trinajstić information content (AvgIpc) is 2.47. The standard InChI is InChI=1S/C16H19FN2O/c1-3-8-18-16-13(5-4-9-19-16)11-20-14-7-6-12(2)15(17)10-14/h4-7,9-10H,3,8,11H2,1-2H3,(H,18,19). The number of pyridine rings is 1. The Bertz CT molecular complexity index is 572. The van der Waals surface area contributed by atoms with E-state index in [9.17, 15) is 4.39 Å². The van der Waals surface area contributed by atoms with Crippen molar-refractivity contribution in [1.82, 2.24) is 4.98 Å². The van der Waals surface area contributed by atoms with Crippen LogP contribution in [0, 0.1) is 12.7 Å². The van der Waals surface area contributed by atoms with E-state index in [4.69, 9.17) is 4.74 Å². The van der Waals surface area contributed by atoms with E-state index in [2.05, 4.69) is 17.2 Å². The summed E-state index contributed by atoms with van der Waals surface area (Å²) in [5.74, 6) is 1.10. The Balaban J connectivity index is 2.04. The van der Waals surface area contributed by atoms with Gasteiger partial charge in [-0.05, 0) is 31.0 Å². The molecule has 1 heterocycles. The third kappa shape index (κ3) is 3.70. The maximum Gasteiger partial charge on any atom is 0.132 e. The fraction of sp³-hybridized carbons (Fsp3) is 0.312. The number of rotatable bonds is 6. The number of benzene rings is 1. The van der Waals surface area contributed by atoms with Crippen molar-refractivity contribution in [2.45, 2.75) is 26.9 Å². The minimum Gasteiger partial charge on any atom is -0.489 e. The molecule has 0 saturated carbocycles. The molecule has 0 atom stereocenters. The number of nitrogens with zero attached hydrogens (tertiary/aromatic N) is 1. The van der Waals surface area contributed by atoms with E-state index in [0.29, 0.717) is 17.9 Å². The number of hydrogen-bond donors (Lipinski definition) is 1. The third-order valence-corrected chi connectivity index (χ3v) is 2.97. The first kappa shape index (κ1) is 14.3. The number of ether oxygens (including phenoxy) is 1. The molecule has 2 rings (SSSR count). The van der Waals surface area contributed by atoms with Crippen LogP contribution in [-0.4, -0.2) is 11.5 Å². The molecular weight excluding hydrogens is 255 g/mol. The fourth-order valence-electron chi connectivity index (χ4n) is 1.78. The molecule has 0 unspecified atom stereocenters. The zero-order chi connectivity index (χ0) is 14.4. The minimum atomic E-state index is -0.252. The summed E-state index contributed by atoms with van der Waals surface area (Å²) in [6, 6.07) is 8.71. The van der Waals surface area contributed by atoms with Gasteiger partial charge in [-0.25, -0.2) is 9.37 Å². The topological polar surface area (TPSA) is 34.2 Å². The highest BCUT2D eigenvalue weighted by molar-refractivity contribution is 5.43. The van der Waals surface area contributed by atoms with Crippen molar-refractivity contribution in [2.24, 2.45) is 0 Å². The Morgan fingerprint density at radius 2 is 2.15 bits per heavy atom. The van der Waals surface area contributed by atoms with Crippen LogP contribution in [0.15, 0.2) is 36.5 Å². The highest BCUT2D eigenvalue weighted by Crippen LogP contribution is 2.19. The number of nitrogens with one attached hydrogen (secondary N) is 1. The monoisotopic (exact) mass is 274 g/mol. The Kier molecular flexibility index (Phi) is 4.93. The number of aryl methyl sites for hydroxylation is 1. The SMILES string of the molecule is CCCNc1ncccc1COc1ccc(C)c(F)c1. The number of aromatic nitrogens is 1. The third-order valence-electron chi connectivity index (χ3n) is 2.97. The molecule has 106 valence electrons. The van der Waals surface area contributed by atoms with Gasteiger partial charge in [0.2, 0.25) is 0 Å². The van der Waals surface area contributed by atoms with Crippen LogP contribution in [0.3, 0.4) is 0 Å². The van der Waals surface area contributed by atoms with E-state index in [1.807, 2.05) is 12.1 Å². The maximum atomic E-state index is 13.4. The van der Waals surface area contributed by atoms with Crippen LogP contribution < -0.4 is 10.1 Å². The lowest BCUT2D eigenvalue weighted by atomic mass is 10.2. The molecule has 20 heavy (non-hydrogen) atoms. The van der Waals surface area contributed by atoms with Crippen LogP contribution in [-0.2, 0) is 6.61 Å². The van der Waals surface area contributed by atoms with Gasteiger partial charge < -0.3 is 10.1 Å². The highest BCUT2D eigenvalue weighted by atomic mass is 19.1. The van der Waals surface area contributed by atoms with E-state index < -0.39 is 0 Å². The van der Waals surface area contributed by atoms with E-state index in [1.54, 1.807) is 25.3 Å². The Morgan fingerprint density at radius 1 is 1.30 bits per heavy atom. The average molecular weight is 274 g/mol. The maximum absolute atomic E-state index is 13.4. The Labute approximate surface area is 118 Å². The molecule has 1 aromatic heterocycles. The molecule has 0 radical (unpaired) electrons. The van der Waals surface area contributed by atoms with Gasteiger partial charge in [0.1, 0.15) is 24.0 Å². The van der Waals surface area contributed by atoms with E-state index in [0.717, 1.165) is 24.3 Å². The van der Waals surface area contributed by atoms with Gasteiger partial charge in [-0.1, -0.05) is 19.1 Å². The van der Waals surface area contributed by atoms with Crippen molar-refractivity contribution in [3.05, 3.63) is 53.5 Å². The normalized spacial score (nSPS) is 10.3. The molecule has 0 saturated heterocycles. The first-order chi connectivity index (χ1) is 9.70. The van der Waals surface area contributed by atoms with Crippen molar-refractivity contribution in [2.75, 3.05) is 11.9 Å². The van der Waals surface area contributed by atoms with Crippen LogP contribution in [0.1, 0.15) is 24.5 Å². The zero-order valence-corrected chi connectivity index (χ0v) is 11.8. The lowest BCUT2D eigenvalue weighted by molar-refractivity contribution is 0.304. The minimum absolute atomic E-state index is 0.252. The van der Waals surface area contributed by atoms with Crippen molar-refractivity contribution >= 4 is 5.82 Å². The molecule has 3 nitrogen and oxygen atoms in total. The Morgan fingerprint density at radius 3 is 2.90 bits per heavy atom. The summed E-state index contributed by atoms with van der Waals surface area (Å²) in [4.78, 5) is 4.29. The van der Waals surface area contributed by atoms with Crippen molar-refractivity contribution in [3.8, 4) is 5.75 Å². The molecule has 0 amide bonds. The molecule has 0 aliphatic rings. The lowest BCUT2D eigenvalue weighted by Gasteiger charge is -2.11. The molecule has 0 bridgehead atoms. The molecular formula is C16H19FN2O. The fourth-order valence-corrected chi connectivity index (χ4v) is 1.78. The van der Waals surface area contributed by atoms with E-state index in [1.165, 1.54) is 6.07 Å². The number of anilines is 1. The van der Waals surface area contributed by atoms with Crippen LogP contribution in [0.2, 0.25) is 0 Å². The van der Waals surface area contributed by atoms with Crippen LogP contribution in [0.4, 0.5) is 10.2 Å². The largest absolute Gasteiger partial charge is 0.489 e. The van der Waals surface area contributed by atoms with E-state index >= 15 is 0 Å². The van der Waals surface area contributed by atoms with Crippen molar-refractivity contribution < 1.29 is 9.13 Å². The van der Waals surface area contributed by atoms with Crippen molar-refractivity contribution in [3.63, 3.8) is 0 Å². The summed E-state index contributed by atoms with van der Waals surface area (Å²) >= 11 is 0. The van der Waals surface area contributed by atoms with Gasteiger partial charge in [0, 0.05) is 24.4 Å². The summed E-state index contributed by atoms with van der Waals surface area (Å²) in [5, 5.41) is 3.25. The van der Waals surface area contributed by atoms with Gasteiger partial charge in [-0.2, -0.15) is 0 Å². The zero-order valence-electron chi connectivity index (χ0n) is 11.8. The molecule has 0 aliphatic heterocycles. The molecule has 0 aliphatic carbocycles. The smallest absolute Gasteiger partial charge is 0.132 e. The second-order valence-electron chi connectivity index (χ2n) is 4.64. The molecule has 2 aromatic rings.